The van der Waals surface area contributed by atoms with Crippen LogP contribution in [-0.2, 0) is 16.6 Å². The molecule has 0 saturated carbocycles. The van der Waals surface area contributed by atoms with E-state index in [9.17, 15) is 13.2 Å². The van der Waals surface area contributed by atoms with E-state index in [-0.39, 0.29) is 17.5 Å². The fourth-order valence-electron chi connectivity index (χ4n) is 4.05. The van der Waals surface area contributed by atoms with Crippen molar-refractivity contribution in [2.24, 2.45) is 5.10 Å². The SMILES string of the molecule is O=C(NCc1ccccc1)NS(=O)(=O)c1ccc(N2N=C(c3cccs3)CC2c2ccccc2)cc1. The lowest BCUT2D eigenvalue weighted by Gasteiger charge is -2.24. The molecule has 9 heteroatoms. The van der Waals surface area contributed by atoms with Crippen molar-refractivity contribution >= 4 is 38.8 Å². The standard InChI is InChI=1S/C27H24N4O3S2/c32-27(28-19-20-8-3-1-4-9-20)30-36(33,34)23-15-13-22(14-16-23)31-25(21-10-5-2-6-11-21)18-24(29-31)26-12-7-17-35-26/h1-17,25H,18-19H2,(H2,28,30,32). The Balaban J connectivity index is 1.33. The van der Waals surface area contributed by atoms with Crippen LogP contribution in [0.4, 0.5) is 10.5 Å². The van der Waals surface area contributed by atoms with Crippen LogP contribution in [0.2, 0.25) is 0 Å². The van der Waals surface area contributed by atoms with Crippen LogP contribution in [0.5, 0.6) is 0 Å². The molecule has 7 nitrogen and oxygen atoms in total. The number of nitrogens with zero attached hydrogens (tertiary/aromatic N) is 2. The highest BCUT2D eigenvalue weighted by Gasteiger charge is 2.30. The molecule has 1 aliphatic rings. The fraction of sp³-hybridized carbons (Fsp3) is 0.111. The Morgan fingerprint density at radius 3 is 2.28 bits per heavy atom. The van der Waals surface area contributed by atoms with Crippen molar-refractivity contribution in [3.8, 4) is 0 Å². The minimum Gasteiger partial charge on any atom is -0.333 e. The number of anilines is 1. The average Bonchev–Trinajstić information content (AvgIpc) is 3.59. The lowest BCUT2D eigenvalue weighted by atomic mass is 10.0. The summed E-state index contributed by atoms with van der Waals surface area (Å²) in [5, 5.41) is 11.4. The van der Waals surface area contributed by atoms with Crippen molar-refractivity contribution < 1.29 is 13.2 Å². The predicted octanol–water partition coefficient (Wildman–Crippen LogP) is 5.29. The van der Waals surface area contributed by atoms with Crippen LogP contribution in [0, 0.1) is 0 Å². The molecule has 36 heavy (non-hydrogen) atoms. The first-order valence-corrected chi connectivity index (χ1v) is 13.8. The Labute approximate surface area is 214 Å². The van der Waals surface area contributed by atoms with Crippen molar-refractivity contribution in [3.05, 3.63) is 118 Å². The number of hydrogen-bond acceptors (Lipinski definition) is 6. The molecule has 2 N–H and O–H groups in total. The molecule has 0 bridgehead atoms. The molecule has 4 aromatic rings. The highest BCUT2D eigenvalue weighted by atomic mass is 32.2. The van der Waals surface area contributed by atoms with Crippen molar-refractivity contribution in [1.29, 1.82) is 0 Å². The number of sulfonamides is 1. The van der Waals surface area contributed by atoms with E-state index in [1.165, 1.54) is 12.1 Å². The summed E-state index contributed by atoms with van der Waals surface area (Å²) in [6, 6.07) is 29.1. The number of hydrazone groups is 1. The third-order valence-corrected chi connectivity index (χ3v) is 8.10. The van der Waals surface area contributed by atoms with Gasteiger partial charge in [0.15, 0.2) is 0 Å². The number of benzene rings is 3. The number of rotatable bonds is 7. The monoisotopic (exact) mass is 516 g/mol. The zero-order valence-corrected chi connectivity index (χ0v) is 20.9. The molecule has 0 fully saturated rings. The van der Waals surface area contributed by atoms with E-state index in [1.54, 1.807) is 23.5 Å². The van der Waals surface area contributed by atoms with E-state index in [0.29, 0.717) is 0 Å². The van der Waals surface area contributed by atoms with E-state index in [2.05, 4.69) is 28.2 Å². The van der Waals surface area contributed by atoms with Gasteiger partial charge in [0.2, 0.25) is 0 Å². The van der Waals surface area contributed by atoms with Crippen LogP contribution in [0.1, 0.15) is 28.5 Å². The van der Waals surface area contributed by atoms with Crippen LogP contribution in [-0.4, -0.2) is 20.2 Å². The van der Waals surface area contributed by atoms with Gasteiger partial charge in [-0.1, -0.05) is 66.7 Å². The second-order valence-corrected chi connectivity index (χ2v) is 10.9. The van der Waals surface area contributed by atoms with Gasteiger partial charge >= 0.3 is 6.03 Å². The summed E-state index contributed by atoms with van der Waals surface area (Å²) >= 11 is 1.65. The highest BCUT2D eigenvalue weighted by Crippen LogP contribution is 2.37. The number of amides is 2. The molecule has 0 spiro atoms. The number of hydrogen-bond donors (Lipinski definition) is 2. The van der Waals surface area contributed by atoms with Crippen LogP contribution < -0.4 is 15.0 Å². The molecule has 5 rings (SSSR count). The second-order valence-electron chi connectivity index (χ2n) is 8.27. The Morgan fingerprint density at radius 1 is 0.917 bits per heavy atom. The van der Waals surface area contributed by atoms with Crippen molar-refractivity contribution in [1.82, 2.24) is 10.0 Å². The van der Waals surface area contributed by atoms with Crippen molar-refractivity contribution in [2.45, 2.75) is 23.9 Å². The summed E-state index contributed by atoms with van der Waals surface area (Å²) in [6.07, 6.45) is 0.744. The molecule has 2 amide bonds. The van der Waals surface area contributed by atoms with Gasteiger partial charge in [0.25, 0.3) is 10.0 Å². The second kappa shape index (κ2) is 10.3. The fourth-order valence-corrected chi connectivity index (χ4v) is 5.70. The van der Waals surface area contributed by atoms with Gasteiger partial charge in [0.05, 0.1) is 27.2 Å². The number of thiophene rings is 1. The first-order chi connectivity index (χ1) is 17.5. The highest BCUT2D eigenvalue weighted by molar-refractivity contribution is 7.90. The molecule has 1 aromatic heterocycles. The summed E-state index contributed by atoms with van der Waals surface area (Å²) in [6.45, 7) is 0.224. The first-order valence-electron chi connectivity index (χ1n) is 11.4. The zero-order chi connectivity index (χ0) is 25.0. The first kappa shape index (κ1) is 23.8. The van der Waals surface area contributed by atoms with Gasteiger partial charge in [0, 0.05) is 13.0 Å². The van der Waals surface area contributed by atoms with E-state index in [1.807, 2.05) is 65.0 Å². The van der Waals surface area contributed by atoms with Gasteiger partial charge in [-0.3, -0.25) is 5.01 Å². The summed E-state index contributed by atoms with van der Waals surface area (Å²) in [7, 11) is -4.03. The maximum atomic E-state index is 12.8. The van der Waals surface area contributed by atoms with E-state index < -0.39 is 16.1 Å². The largest absolute Gasteiger partial charge is 0.333 e. The molecule has 0 saturated heterocycles. The molecule has 0 aliphatic carbocycles. The summed E-state index contributed by atoms with van der Waals surface area (Å²) in [4.78, 5) is 13.3. The zero-order valence-electron chi connectivity index (χ0n) is 19.2. The van der Waals surface area contributed by atoms with Gasteiger partial charge < -0.3 is 5.32 Å². The molecule has 3 aromatic carbocycles. The summed E-state index contributed by atoms with van der Waals surface area (Å²) < 4.78 is 27.6. The Bertz CT molecular complexity index is 1450. The quantitative estimate of drug-likeness (QED) is 0.349. The smallest absolute Gasteiger partial charge is 0.328 e. The number of carbonyl (C=O) groups is 1. The van der Waals surface area contributed by atoms with Gasteiger partial charge in [-0.05, 0) is 46.8 Å². The maximum absolute atomic E-state index is 12.8. The third kappa shape index (κ3) is 5.32. The molecule has 1 unspecified atom stereocenters. The molecule has 2 heterocycles. The van der Waals surface area contributed by atoms with Gasteiger partial charge in [-0.25, -0.2) is 17.9 Å². The molecule has 0 radical (unpaired) electrons. The van der Waals surface area contributed by atoms with Crippen molar-refractivity contribution in [3.63, 3.8) is 0 Å². The van der Waals surface area contributed by atoms with Gasteiger partial charge in [0.1, 0.15) is 0 Å². The lowest BCUT2D eigenvalue weighted by Crippen LogP contribution is -2.39. The average molecular weight is 517 g/mol. The lowest BCUT2D eigenvalue weighted by molar-refractivity contribution is 0.245. The molecule has 1 aliphatic heterocycles. The number of carbonyl (C=O) groups excluding carboxylic acids is 1. The van der Waals surface area contributed by atoms with Crippen LogP contribution >= 0.6 is 11.3 Å². The van der Waals surface area contributed by atoms with E-state index in [0.717, 1.165) is 33.8 Å². The number of urea groups is 1. The number of nitrogens with one attached hydrogen (secondary N) is 2. The minimum atomic E-state index is -4.03. The van der Waals surface area contributed by atoms with Gasteiger partial charge in [-0.2, -0.15) is 5.10 Å². The van der Waals surface area contributed by atoms with E-state index in [4.69, 9.17) is 5.10 Å². The van der Waals surface area contributed by atoms with Crippen LogP contribution in [0.25, 0.3) is 0 Å². The Hall–Kier alpha value is -3.95. The topological polar surface area (TPSA) is 90.9 Å². The normalized spacial score (nSPS) is 15.4. The molecule has 182 valence electrons. The van der Waals surface area contributed by atoms with Crippen molar-refractivity contribution in [2.75, 3.05) is 5.01 Å². The predicted molar refractivity (Wildman–Crippen MR) is 143 cm³/mol. The Kier molecular flexibility index (Phi) is 6.84. The van der Waals surface area contributed by atoms with Crippen LogP contribution in [0.3, 0.4) is 0 Å². The summed E-state index contributed by atoms with van der Waals surface area (Å²) in [5.41, 5.74) is 3.76. The molecule has 1 atom stereocenters. The molecular formula is C27H24N4O3S2. The van der Waals surface area contributed by atoms with Gasteiger partial charge in [-0.15, -0.1) is 11.3 Å². The third-order valence-electron chi connectivity index (χ3n) is 5.83. The van der Waals surface area contributed by atoms with Crippen LogP contribution in [0.15, 0.2) is 112 Å². The van der Waals surface area contributed by atoms with E-state index >= 15 is 0 Å². The maximum Gasteiger partial charge on any atom is 0.328 e. The minimum absolute atomic E-state index is 0.000899. The molecular weight excluding hydrogens is 492 g/mol. The summed E-state index contributed by atoms with van der Waals surface area (Å²) in [5.74, 6) is 0. The Morgan fingerprint density at radius 2 is 1.61 bits per heavy atom.